The number of ether oxygens (including phenoxy) is 1. The van der Waals surface area contributed by atoms with Crippen molar-refractivity contribution in [2.75, 3.05) is 27.2 Å². The van der Waals surface area contributed by atoms with Crippen molar-refractivity contribution in [3.8, 4) is 5.75 Å². The van der Waals surface area contributed by atoms with Gasteiger partial charge in [-0.15, -0.1) is 0 Å². The summed E-state index contributed by atoms with van der Waals surface area (Å²) in [6.45, 7) is 0.914. The van der Waals surface area contributed by atoms with Gasteiger partial charge in [0.05, 0.1) is 17.2 Å². The molecule has 2 aromatic carbocycles. The average molecular weight is 410 g/mol. The molecule has 0 saturated heterocycles. The standard InChI is InChI=1S/C19H21Cl2N3O3/c1-24(12-14-6-4-8-16(20)17(14)21)19(26)23-10-9-22-18(25)13-5-3-7-15(11-13)27-2/h3-8,11H,9-10,12H2,1-2H3,(H,22,25)(H,23,26). The first kappa shape index (κ1) is 20.9. The molecule has 144 valence electrons. The topological polar surface area (TPSA) is 70.7 Å². The molecule has 6 nitrogen and oxygen atoms in total. The summed E-state index contributed by atoms with van der Waals surface area (Å²) in [4.78, 5) is 25.7. The van der Waals surface area contributed by atoms with E-state index < -0.39 is 0 Å². The monoisotopic (exact) mass is 409 g/mol. The molecule has 0 aliphatic rings. The van der Waals surface area contributed by atoms with Crippen LogP contribution in [0.3, 0.4) is 0 Å². The van der Waals surface area contributed by atoms with Gasteiger partial charge in [-0.2, -0.15) is 0 Å². The van der Waals surface area contributed by atoms with Crippen LogP contribution in [0.25, 0.3) is 0 Å². The Kier molecular flexibility index (Phi) is 7.76. The second-order valence-corrected chi connectivity index (χ2v) is 6.57. The summed E-state index contributed by atoms with van der Waals surface area (Å²) in [6, 6.07) is 11.9. The van der Waals surface area contributed by atoms with E-state index in [1.165, 1.54) is 4.90 Å². The van der Waals surface area contributed by atoms with Crippen LogP contribution in [0.4, 0.5) is 4.79 Å². The highest BCUT2D eigenvalue weighted by molar-refractivity contribution is 6.42. The fourth-order valence-corrected chi connectivity index (χ4v) is 2.72. The van der Waals surface area contributed by atoms with Gasteiger partial charge in [0.25, 0.3) is 5.91 Å². The normalized spacial score (nSPS) is 10.2. The predicted octanol–water partition coefficient (Wildman–Crippen LogP) is 3.57. The van der Waals surface area contributed by atoms with Crippen molar-refractivity contribution in [1.29, 1.82) is 0 Å². The highest BCUT2D eigenvalue weighted by Gasteiger charge is 2.12. The average Bonchev–Trinajstić information content (AvgIpc) is 2.68. The first-order valence-corrected chi connectivity index (χ1v) is 9.02. The minimum atomic E-state index is -0.276. The zero-order valence-electron chi connectivity index (χ0n) is 15.1. The number of halogens is 2. The minimum absolute atomic E-state index is 0.234. The van der Waals surface area contributed by atoms with Crippen molar-refractivity contribution in [3.63, 3.8) is 0 Å². The van der Waals surface area contributed by atoms with Crippen LogP contribution in [0.15, 0.2) is 42.5 Å². The fourth-order valence-electron chi connectivity index (χ4n) is 2.34. The summed E-state index contributed by atoms with van der Waals surface area (Å²) in [5, 5.41) is 6.36. The quantitative estimate of drug-likeness (QED) is 0.686. The van der Waals surface area contributed by atoms with Gasteiger partial charge in [0, 0.05) is 32.2 Å². The first-order valence-electron chi connectivity index (χ1n) is 8.26. The van der Waals surface area contributed by atoms with Crippen molar-refractivity contribution < 1.29 is 14.3 Å². The Morgan fingerprint density at radius 3 is 2.52 bits per heavy atom. The molecule has 8 heteroatoms. The number of urea groups is 1. The van der Waals surface area contributed by atoms with Crippen LogP contribution < -0.4 is 15.4 Å². The Morgan fingerprint density at radius 2 is 1.78 bits per heavy atom. The van der Waals surface area contributed by atoms with Gasteiger partial charge < -0.3 is 20.3 Å². The molecule has 0 saturated carbocycles. The summed E-state index contributed by atoms with van der Waals surface area (Å²) < 4.78 is 5.09. The Labute approximate surface area is 168 Å². The van der Waals surface area contributed by atoms with Gasteiger partial charge in [0.1, 0.15) is 5.75 Å². The molecule has 0 aromatic heterocycles. The van der Waals surface area contributed by atoms with E-state index >= 15 is 0 Å². The van der Waals surface area contributed by atoms with Crippen LogP contribution in [0.1, 0.15) is 15.9 Å². The third-order valence-electron chi connectivity index (χ3n) is 3.80. The molecule has 0 heterocycles. The van der Waals surface area contributed by atoms with E-state index in [0.717, 1.165) is 5.56 Å². The Hall–Kier alpha value is -2.44. The summed E-state index contributed by atoms with van der Waals surface area (Å²) in [5.41, 5.74) is 1.25. The van der Waals surface area contributed by atoms with E-state index in [-0.39, 0.29) is 11.9 Å². The summed E-state index contributed by atoms with van der Waals surface area (Å²) in [6.07, 6.45) is 0. The maximum atomic E-state index is 12.2. The van der Waals surface area contributed by atoms with Crippen molar-refractivity contribution in [1.82, 2.24) is 15.5 Å². The zero-order valence-corrected chi connectivity index (χ0v) is 16.6. The molecular formula is C19H21Cl2N3O3. The highest BCUT2D eigenvalue weighted by atomic mass is 35.5. The van der Waals surface area contributed by atoms with Gasteiger partial charge in [-0.05, 0) is 29.8 Å². The molecule has 0 unspecified atom stereocenters. The van der Waals surface area contributed by atoms with E-state index in [1.54, 1.807) is 50.6 Å². The molecular weight excluding hydrogens is 389 g/mol. The first-order chi connectivity index (χ1) is 12.9. The number of carbonyl (C=O) groups is 2. The van der Waals surface area contributed by atoms with Crippen LogP contribution in [0, 0.1) is 0 Å². The van der Waals surface area contributed by atoms with Gasteiger partial charge in [-0.25, -0.2) is 4.79 Å². The lowest BCUT2D eigenvalue weighted by Crippen LogP contribution is -2.41. The number of nitrogens with zero attached hydrogens (tertiary/aromatic N) is 1. The molecule has 2 aromatic rings. The van der Waals surface area contributed by atoms with E-state index in [0.29, 0.717) is 41.0 Å². The minimum Gasteiger partial charge on any atom is -0.497 e. The number of hydrogen-bond donors (Lipinski definition) is 2. The lowest BCUT2D eigenvalue weighted by atomic mass is 10.2. The van der Waals surface area contributed by atoms with E-state index in [4.69, 9.17) is 27.9 Å². The van der Waals surface area contributed by atoms with Crippen LogP contribution in [0.5, 0.6) is 5.75 Å². The molecule has 2 N–H and O–H groups in total. The molecule has 0 radical (unpaired) electrons. The van der Waals surface area contributed by atoms with Crippen molar-refractivity contribution in [2.45, 2.75) is 6.54 Å². The Balaban J connectivity index is 1.76. The van der Waals surface area contributed by atoms with E-state index in [9.17, 15) is 9.59 Å². The Morgan fingerprint density at radius 1 is 1.07 bits per heavy atom. The highest BCUT2D eigenvalue weighted by Crippen LogP contribution is 2.26. The molecule has 2 rings (SSSR count). The van der Waals surface area contributed by atoms with E-state index in [2.05, 4.69) is 10.6 Å². The molecule has 0 bridgehead atoms. The second-order valence-electron chi connectivity index (χ2n) is 5.79. The van der Waals surface area contributed by atoms with Gasteiger partial charge >= 0.3 is 6.03 Å². The summed E-state index contributed by atoms with van der Waals surface area (Å²) >= 11 is 12.1. The zero-order chi connectivity index (χ0) is 19.8. The SMILES string of the molecule is COc1cccc(C(=O)NCCNC(=O)N(C)Cc2cccc(Cl)c2Cl)c1. The summed E-state index contributed by atoms with van der Waals surface area (Å²) in [5.74, 6) is 0.375. The number of rotatable bonds is 7. The van der Waals surface area contributed by atoms with Crippen LogP contribution in [0.2, 0.25) is 10.0 Å². The number of benzene rings is 2. The fraction of sp³-hybridized carbons (Fsp3) is 0.263. The molecule has 0 fully saturated rings. The molecule has 0 aliphatic heterocycles. The Bertz CT molecular complexity index is 815. The smallest absolute Gasteiger partial charge is 0.317 e. The van der Waals surface area contributed by atoms with Crippen molar-refractivity contribution in [3.05, 3.63) is 63.6 Å². The predicted molar refractivity (Wildman–Crippen MR) is 107 cm³/mol. The maximum Gasteiger partial charge on any atom is 0.317 e. The number of nitrogens with one attached hydrogen (secondary N) is 2. The lowest BCUT2D eigenvalue weighted by molar-refractivity contribution is 0.0953. The van der Waals surface area contributed by atoms with Crippen LogP contribution >= 0.6 is 23.2 Å². The molecule has 3 amide bonds. The number of amides is 3. The van der Waals surface area contributed by atoms with E-state index in [1.807, 2.05) is 6.07 Å². The molecule has 0 aliphatic carbocycles. The van der Waals surface area contributed by atoms with Crippen LogP contribution in [-0.4, -0.2) is 44.1 Å². The van der Waals surface area contributed by atoms with Gasteiger partial charge in [-0.1, -0.05) is 41.4 Å². The van der Waals surface area contributed by atoms with Crippen molar-refractivity contribution >= 4 is 35.1 Å². The second kappa shape index (κ2) is 10.0. The van der Waals surface area contributed by atoms with Crippen molar-refractivity contribution in [2.24, 2.45) is 0 Å². The third-order valence-corrected chi connectivity index (χ3v) is 4.66. The molecule has 0 atom stereocenters. The van der Waals surface area contributed by atoms with Crippen LogP contribution in [-0.2, 0) is 6.54 Å². The van der Waals surface area contributed by atoms with Gasteiger partial charge in [-0.3, -0.25) is 4.79 Å². The largest absolute Gasteiger partial charge is 0.497 e. The molecule has 27 heavy (non-hydrogen) atoms. The molecule has 0 spiro atoms. The lowest BCUT2D eigenvalue weighted by Gasteiger charge is -2.19. The van der Waals surface area contributed by atoms with Gasteiger partial charge in [0.2, 0.25) is 0 Å². The third kappa shape index (κ3) is 6.05. The summed E-state index contributed by atoms with van der Waals surface area (Å²) in [7, 11) is 3.20. The number of methoxy groups -OCH3 is 1. The number of carbonyl (C=O) groups excluding carboxylic acids is 2. The van der Waals surface area contributed by atoms with Gasteiger partial charge in [0.15, 0.2) is 0 Å². The number of hydrogen-bond acceptors (Lipinski definition) is 3. The maximum absolute atomic E-state index is 12.2.